The second-order valence-corrected chi connectivity index (χ2v) is 5.65. The third kappa shape index (κ3) is 3.24. The number of carbonyl (C=O) groups excluding carboxylic acids is 1. The molecule has 6 nitrogen and oxygen atoms in total. The molecule has 0 bridgehead atoms. The molecule has 1 aromatic heterocycles. The number of carbonyl (C=O) groups is 1. The molecule has 0 N–H and O–H groups in total. The molecule has 2 saturated heterocycles. The average molecular weight is 297 g/mol. The summed E-state index contributed by atoms with van der Waals surface area (Å²) >= 11 is 0. The van der Waals surface area contributed by atoms with Crippen LogP contribution in [0.4, 0.5) is 4.39 Å². The molecule has 0 unspecified atom stereocenters. The van der Waals surface area contributed by atoms with Gasteiger partial charge in [-0.15, -0.1) is 0 Å². The first-order chi connectivity index (χ1) is 10.1. The minimum atomic E-state index is -0.969. The number of aromatic nitrogens is 1. The van der Waals surface area contributed by atoms with Gasteiger partial charge < -0.3 is 14.2 Å². The van der Waals surface area contributed by atoms with E-state index in [4.69, 9.17) is 9.26 Å². The van der Waals surface area contributed by atoms with Crippen LogP contribution in [0.5, 0.6) is 0 Å². The van der Waals surface area contributed by atoms with Gasteiger partial charge in [0.05, 0.1) is 31.5 Å². The summed E-state index contributed by atoms with van der Waals surface area (Å²) in [5, 5.41) is 3.83. The van der Waals surface area contributed by atoms with Gasteiger partial charge in [0.1, 0.15) is 6.17 Å². The highest BCUT2D eigenvalue weighted by Crippen LogP contribution is 2.25. The lowest BCUT2D eigenvalue weighted by molar-refractivity contribution is -0.140. The van der Waals surface area contributed by atoms with Gasteiger partial charge in [-0.25, -0.2) is 4.39 Å². The maximum atomic E-state index is 13.8. The van der Waals surface area contributed by atoms with Crippen molar-refractivity contribution in [2.75, 3.05) is 32.8 Å². The Labute approximate surface area is 122 Å². The molecule has 1 aromatic rings. The second kappa shape index (κ2) is 6.11. The smallest absolute Gasteiger partial charge is 0.240 e. The van der Waals surface area contributed by atoms with Crippen molar-refractivity contribution in [3.05, 3.63) is 17.5 Å². The Morgan fingerprint density at radius 3 is 2.90 bits per heavy atom. The average Bonchev–Trinajstić information content (AvgIpc) is 3.05. The van der Waals surface area contributed by atoms with E-state index in [9.17, 15) is 9.18 Å². The molecule has 2 aliphatic rings. The molecule has 0 radical (unpaired) electrons. The van der Waals surface area contributed by atoms with E-state index in [1.54, 1.807) is 4.90 Å². The monoisotopic (exact) mass is 297 g/mol. The molecular weight excluding hydrogens is 277 g/mol. The van der Waals surface area contributed by atoms with Gasteiger partial charge in [-0.1, -0.05) is 5.16 Å². The first-order valence-electron chi connectivity index (χ1n) is 7.30. The Morgan fingerprint density at radius 2 is 2.24 bits per heavy atom. The van der Waals surface area contributed by atoms with Crippen LogP contribution in [0, 0.1) is 6.92 Å². The zero-order valence-electron chi connectivity index (χ0n) is 12.1. The number of hydrogen-bond donors (Lipinski definition) is 0. The molecule has 3 heterocycles. The Balaban J connectivity index is 1.68. The molecule has 1 amide bonds. The molecule has 0 aromatic carbocycles. The molecule has 2 atom stereocenters. The zero-order valence-corrected chi connectivity index (χ0v) is 12.1. The van der Waals surface area contributed by atoms with Crippen molar-refractivity contribution >= 4 is 5.91 Å². The van der Waals surface area contributed by atoms with Crippen LogP contribution in [-0.4, -0.2) is 65.9 Å². The summed E-state index contributed by atoms with van der Waals surface area (Å²) in [6, 6.07) is 1.41. The summed E-state index contributed by atoms with van der Waals surface area (Å²) in [6.45, 7) is 4.80. The predicted octanol–water partition coefficient (Wildman–Crippen LogP) is 0.754. The van der Waals surface area contributed by atoms with Gasteiger partial charge >= 0.3 is 0 Å². The largest absolute Gasteiger partial charge is 0.378 e. The predicted molar refractivity (Wildman–Crippen MR) is 72.4 cm³/mol. The number of alkyl halides is 1. The number of likely N-dealkylation sites (tertiary alicyclic amines) is 1. The number of ether oxygens (including phenoxy) is 1. The first-order valence-corrected chi connectivity index (χ1v) is 7.30. The van der Waals surface area contributed by atoms with Crippen LogP contribution in [0.25, 0.3) is 0 Å². The SMILES string of the molecule is Cc1cc(CN2C[C@H](F)C[C@H]2C(=O)N2CCOCC2)on1. The van der Waals surface area contributed by atoms with E-state index >= 15 is 0 Å². The lowest BCUT2D eigenvalue weighted by Gasteiger charge is -2.32. The van der Waals surface area contributed by atoms with Gasteiger partial charge in [-0.2, -0.15) is 0 Å². The first kappa shape index (κ1) is 14.5. The summed E-state index contributed by atoms with van der Waals surface area (Å²) in [5.41, 5.74) is 0.789. The van der Waals surface area contributed by atoms with Crippen LogP contribution in [0.2, 0.25) is 0 Å². The van der Waals surface area contributed by atoms with Crippen molar-refractivity contribution in [1.82, 2.24) is 15.0 Å². The fraction of sp³-hybridized carbons (Fsp3) is 0.714. The van der Waals surface area contributed by atoms with Gasteiger partial charge in [-0.3, -0.25) is 9.69 Å². The Hall–Kier alpha value is -1.47. The highest BCUT2D eigenvalue weighted by molar-refractivity contribution is 5.82. The van der Waals surface area contributed by atoms with Crippen LogP contribution < -0.4 is 0 Å². The van der Waals surface area contributed by atoms with Gasteiger partial charge in [0.2, 0.25) is 5.91 Å². The minimum absolute atomic E-state index is 0.00492. The van der Waals surface area contributed by atoms with Crippen LogP contribution in [0.3, 0.4) is 0 Å². The van der Waals surface area contributed by atoms with Crippen LogP contribution in [0.15, 0.2) is 10.6 Å². The van der Waals surface area contributed by atoms with E-state index in [0.717, 1.165) is 5.69 Å². The van der Waals surface area contributed by atoms with Gasteiger partial charge in [0.25, 0.3) is 0 Å². The van der Waals surface area contributed by atoms with Gasteiger partial charge in [0, 0.05) is 32.1 Å². The summed E-state index contributed by atoms with van der Waals surface area (Å²) in [4.78, 5) is 16.2. The van der Waals surface area contributed by atoms with Crippen molar-refractivity contribution in [2.45, 2.75) is 32.1 Å². The number of rotatable bonds is 3. The Bertz CT molecular complexity index is 501. The standard InChI is InChI=1S/C14H20FN3O3/c1-10-6-12(21-16-10)9-18-8-11(15)7-13(18)14(19)17-2-4-20-5-3-17/h6,11,13H,2-5,7-9H2,1H3/t11-,13+/m1/s1. The Morgan fingerprint density at radius 1 is 1.48 bits per heavy atom. The van der Waals surface area contributed by atoms with Crippen molar-refractivity contribution in [3.8, 4) is 0 Å². The molecule has 116 valence electrons. The fourth-order valence-electron chi connectivity index (χ4n) is 2.96. The van der Waals surface area contributed by atoms with Crippen molar-refractivity contribution in [1.29, 1.82) is 0 Å². The lowest BCUT2D eigenvalue weighted by atomic mass is 10.1. The van der Waals surface area contributed by atoms with Crippen LogP contribution in [0.1, 0.15) is 17.9 Å². The van der Waals surface area contributed by atoms with E-state index in [0.29, 0.717) is 38.6 Å². The number of aryl methyl sites for hydroxylation is 1. The van der Waals surface area contributed by atoms with Crippen molar-refractivity contribution in [2.24, 2.45) is 0 Å². The van der Waals surface area contributed by atoms with E-state index in [1.807, 2.05) is 17.9 Å². The molecule has 0 saturated carbocycles. The maximum absolute atomic E-state index is 13.8. The topological polar surface area (TPSA) is 58.8 Å². The molecule has 2 fully saturated rings. The third-order valence-electron chi connectivity index (χ3n) is 4.00. The third-order valence-corrected chi connectivity index (χ3v) is 4.00. The molecule has 0 spiro atoms. The van der Waals surface area contributed by atoms with Gasteiger partial charge in [-0.05, 0) is 6.92 Å². The summed E-state index contributed by atoms with van der Waals surface area (Å²) < 4.78 is 24.2. The quantitative estimate of drug-likeness (QED) is 0.824. The van der Waals surface area contributed by atoms with E-state index in [2.05, 4.69) is 5.16 Å². The number of nitrogens with zero attached hydrogens (tertiary/aromatic N) is 3. The number of hydrogen-bond acceptors (Lipinski definition) is 5. The zero-order chi connectivity index (χ0) is 14.8. The molecule has 0 aliphatic carbocycles. The molecule has 7 heteroatoms. The minimum Gasteiger partial charge on any atom is -0.378 e. The molecule has 21 heavy (non-hydrogen) atoms. The number of amides is 1. The van der Waals surface area contributed by atoms with Crippen LogP contribution >= 0.6 is 0 Å². The second-order valence-electron chi connectivity index (χ2n) is 5.65. The van der Waals surface area contributed by atoms with Gasteiger partial charge in [0.15, 0.2) is 5.76 Å². The normalized spacial score (nSPS) is 27.2. The molecular formula is C14H20FN3O3. The summed E-state index contributed by atoms with van der Waals surface area (Å²) in [7, 11) is 0. The number of morpholine rings is 1. The maximum Gasteiger partial charge on any atom is 0.240 e. The molecule has 3 rings (SSSR count). The van der Waals surface area contributed by atoms with E-state index in [-0.39, 0.29) is 18.9 Å². The lowest BCUT2D eigenvalue weighted by Crippen LogP contribution is -2.49. The summed E-state index contributed by atoms with van der Waals surface area (Å²) in [6.07, 6.45) is -0.715. The van der Waals surface area contributed by atoms with E-state index < -0.39 is 12.2 Å². The highest BCUT2D eigenvalue weighted by Gasteiger charge is 2.39. The fourth-order valence-corrected chi connectivity index (χ4v) is 2.96. The van der Waals surface area contributed by atoms with Crippen LogP contribution in [-0.2, 0) is 16.1 Å². The van der Waals surface area contributed by atoms with E-state index in [1.165, 1.54) is 0 Å². The van der Waals surface area contributed by atoms with Crippen molar-refractivity contribution in [3.63, 3.8) is 0 Å². The molecule has 2 aliphatic heterocycles. The summed E-state index contributed by atoms with van der Waals surface area (Å²) in [5.74, 6) is 0.663. The van der Waals surface area contributed by atoms with Crippen molar-refractivity contribution < 1.29 is 18.4 Å². The number of halogens is 1. The highest BCUT2D eigenvalue weighted by atomic mass is 19.1. The Kier molecular flexibility index (Phi) is 4.21.